The maximum Gasteiger partial charge on any atom is 0.183 e. The number of aromatic nitrogens is 1. The summed E-state index contributed by atoms with van der Waals surface area (Å²) in [4.78, 5) is 4.40. The second kappa shape index (κ2) is 5.02. The quantitative estimate of drug-likeness (QED) is 0.749. The number of nitrogens with zero attached hydrogens (tertiary/aromatic N) is 1. The van der Waals surface area contributed by atoms with Gasteiger partial charge in [0.2, 0.25) is 0 Å². The van der Waals surface area contributed by atoms with E-state index in [4.69, 9.17) is 0 Å². The van der Waals surface area contributed by atoms with E-state index >= 15 is 0 Å². The van der Waals surface area contributed by atoms with Crippen LogP contribution in [0.3, 0.4) is 0 Å². The van der Waals surface area contributed by atoms with Gasteiger partial charge >= 0.3 is 0 Å². The summed E-state index contributed by atoms with van der Waals surface area (Å²) in [5.74, 6) is 0. The van der Waals surface area contributed by atoms with Crippen molar-refractivity contribution in [2.45, 2.75) is 27.2 Å². The van der Waals surface area contributed by atoms with Crippen LogP contribution in [0.4, 0.5) is 5.13 Å². The van der Waals surface area contributed by atoms with Gasteiger partial charge in [-0.3, -0.25) is 0 Å². The van der Waals surface area contributed by atoms with Gasteiger partial charge in [0, 0.05) is 11.9 Å². The molecular formula is C10H16N2S. The molecule has 72 valence electrons. The number of hydrogen-bond acceptors (Lipinski definition) is 3. The van der Waals surface area contributed by atoms with Gasteiger partial charge in [0.25, 0.3) is 0 Å². The van der Waals surface area contributed by atoms with E-state index in [9.17, 15) is 0 Å². The van der Waals surface area contributed by atoms with E-state index in [2.05, 4.69) is 42.5 Å². The predicted octanol–water partition coefficient (Wildman–Crippen LogP) is 3.08. The van der Waals surface area contributed by atoms with Crippen molar-refractivity contribution in [3.05, 3.63) is 22.7 Å². The smallest absolute Gasteiger partial charge is 0.183 e. The standard InChI is InChI=1S/C10H16N2S/c1-4-9-7-13-10(12-9)11-6-5-8(2)3/h5,7H,4,6H2,1-3H3,(H,11,12). The lowest BCUT2D eigenvalue weighted by Crippen LogP contribution is -1.98. The van der Waals surface area contributed by atoms with Gasteiger partial charge in [0.05, 0.1) is 5.69 Å². The molecular weight excluding hydrogens is 180 g/mol. The highest BCUT2D eigenvalue weighted by Gasteiger charge is 1.97. The summed E-state index contributed by atoms with van der Waals surface area (Å²) < 4.78 is 0. The largest absolute Gasteiger partial charge is 0.358 e. The molecule has 0 saturated heterocycles. The molecule has 1 aromatic rings. The third-order valence-corrected chi connectivity index (χ3v) is 2.53. The molecule has 0 aliphatic carbocycles. The maximum absolute atomic E-state index is 4.40. The summed E-state index contributed by atoms with van der Waals surface area (Å²) in [6.07, 6.45) is 3.17. The fraction of sp³-hybridized carbons (Fsp3) is 0.500. The number of anilines is 1. The number of thiazole rings is 1. The molecule has 0 aliphatic heterocycles. The van der Waals surface area contributed by atoms with Gasteiger partial charge in [-0.15, -0.1) is 11.3 Å². The first-order chi connectivity index (χ1) is 6.22. The van der Waals surface area contributed by atoms with Crippen LogP contribution in [0.1, 0.15) is 26.5 Å². The van der Waals surface area contributed by atoms with Crippen LogP contribution in [-0.2, 0) is 6.42 Å². The third kappa shape index (κ3) is 3.59. The molecule has 0 amide bonds. The molecule has 0 bridgehead atoms. The van der Waals surface area contributed by atoms with Gasteiger partial charge in [0.1, 0.15) is 0 Å². The molecule has 0 spiro atoms. The Balaban J connectivity index is 2.41. The van der Waals surface area contributed by atoms with Crippen molar-refractivity contribution in [3.8, 4) is 0 Å². The van der Waals surface area contributed by atoms with Crippen molar-refractivity contribution in [1.82, 2.24) is 4.98 Å². The monoisotopic (exact) mass is 196 g/mol. The Morgan fingerprint density at radius 1 is 1.62 bits per heavy atom. The van der Waals surface area contributed by atoms with E-state index in [1.165, 1.54) is 11.3 Å². The van der Waals surface area contributed by atoms with Crippen LogP contribution in [0.5, 0.6) is 0 Å². The Morgan fingerprint density at radius 3 is 2.92 bits per heavy atom. The van der Waals surface area contributed by atoms with Gasteiger partial charge in [0.15, 0.2) is 5.13 Å². The van der Waals surface area contributed by atoms with Crippen molar-refractivity contribution in [1.29, 1.82) is 0 Å². The highest BCUT2D eigenvalue weighted by molar-refractivity contribution is 7.13. The zero-order chi connectivity index (χ0) is 9.68. The topological polar surface area (TPSA) is 24.9 Å². The Bertz CT molecular complexity index is 285. The van der Waals surface area contributed by atoms with Gasteiger partial charge in [-0.05, 0) is 20.3 Å². The van der Waals surface area contributed by atoms with Crippen molar-refractivity contribution in [2.24, 2.45) is 0 Å². The fourth-order valence-corrected chi connectivity index (χ4v) is 1.70. The zero-order valence-electron chi connectivity index (χ0n) is 8.42. The Morgan fingerprint density at radius 2 is 2.38 bits per heavy atom. The van der Waals surface area contributed by atoms with Crippen LogP contribution in [0.25, 0.3) is 0 Å². The van der Waals surface area contributed by atoms with Crippen LogP contribution in [0.2, 0.25) is 0 Å². The lowest BCUT2D eigenvalue weighted by atomic mass is 10.3. The fourth-order valence-electron chi connectivity index (χ4n) is 0.893. The average molecular weight is 196 g/mol. The minimum Gasteiger partial charge on any atom is -0.358 e. The highest BCUT2D eigenvalue weighted by atomic mass is 32.1. The van der Waals surface area contributed by atoms with E-state index < -0.39 is 0 Å². The molecule has 0 atom stereocenters. The Kier molecular flexibility index (Phi) is 3.96. The molecule has 0 fully saturated rings. The summed E-state index contributed by atoms with van der Waals surface area (Å²) >= 11 is 1.67. The lowest BCUT2D eigenvalue weighted by Gasteiger charge is -1.96. The number of nitrogens with one attached hydrogen (secondary N) is 1. The third-order valence-electron chi connectivity index (χ3n) is 1.68. The SMILES string of the molecule is CCc1csc(NCC=C(C)C)n1. The van der Waals surface area contributed by atoms with Crippen LogP contribution < -0.4 is 5.32 Å². The van der Waals surface area contributed by atoms with Crippen LogP contribution >= 0.6 is 11.3 Å². The zero-order valence-corrected chi connectivity index (χ0v) is 9.24. The Labute approximate surface area is 83.7 Å². The van der Waals surface area contributed by atoms with E-state index in [0.29, 0.717) is 0 Å². The molecule has 1 rings (SSSR count). The minimum absolute atomic E-state index is 0.874. The van der Waals surface area contributed by atoms with Crippen molar-refractivity contribution in [2.75, 3.05) is 11.9 Å². The van der Waals surface area contributed by atoms with Gasteiger partial charge in [-0.2, -0.15) is 0 Å². The van der Waals surface area contributed by atoms with Crippen molar-refractivity contribution < 1.29 is 0 Å². The van der Waals surface area contributed by atoms with Gasteiger partial charge in [-0.1, -0.05) is 18.6 Å². The number of hydrogen-bond donors (Lipinski definition) is 1. The molecule has 13 heavy (non-hydrogen) atoms. The highest BCUT2D eigenvalue weighted by Crippen LogP contribution is 2.15. The number of rotatable bonds is 4. The second-order valence-electron chi connectivity index (χ2n) is 3.16. The first-order valence-corrected chi connectivity index (χ1v) is 5.42. The molecule has 0 radical (unpaired) electrons. The first-order valence-electron chi connectivity index (χ1n) is 4.54. The molecule has 1 aromatic heterocycles. The average Bonchev–Trinajstić information content (AvgIpc) is 2.52. The molecule has 2 nitrogen and oxygen atoms in total. The van der Waals surface area contributed by atoms with Crippen molar-refractivity contribution >= 4 is 16.5 Å². The van der Waals surface area contributed by atoms with E-state index in [-0.39, 0.29) is 0 Å². The van der Waals surface area contributed by atoms with E-state index in [1.54, 1.807) is 11.3 Å². The van der Waals surface area contributed by atoms with E-state index in [1.807, 2.05) is 0 Å². The maximum atomic E-state index is 4.40. The predicted molar refractivity (Wildman–Crippen MR) is 59.4 cm³/mol. The number of aryl methyl sites for hydroxylation is 1. The van der Waals surface area contributed by atoms with Gasteiger partial charge < -0.3 is 5.32 Å². The molecule has 0 aliphatic rings. The summed E-state index contributed by atoms with van der Waals surface area (Å²) in [6, 6.07) is 0. The molecule has 1 heterocycles. The first kappa shape index (κ1) is 10.3. The Hall–Kier alpha value is -0.830. The molecule has 0 aromatic carbocycles. The lowest BCUT2D eigenvalue weighted by molar-refractivity contribution is 1.06. The summed E-state index contributed by atoms with van der Waals surface area (Å²) in [7, 11) is 0. The number of allylic oxidation sites excluding steroid dienone is 1. The van der Waals surface area contributed by atoms with E-state index in [0.717, 1.165) is 18.1 Å². The summed E-state index contributed by atoms with van der Waals surface area (Å²) in [6.45, 7) is 7.19. The second-order valence-corrected chi connectivity index (χ2v) is 4.02. The van der Waals surface area contributed by atoms with Crippen LogP contribution in [0.15, 0.2) is 17.0 Å². The summed E-state index contributed by atoms with van der Waals surface area (Å²) in [5, 5.41) is 6.39. The molecule has 3 heteroatoms. The van der Waals surface area contributed by atoms with Crippen LogP contribution in [-0.4, -0.2) is 11.5 Å². The molecule has 0 unspecified atom stereocenters. The molecule has 1 N–H and O–H groups in total. The molecule has 0 saturated carbocycles. The minimum atomic E-state index is 0.874. The van der Waals surface area contributed by atoms with Gasteiger partial charge in [-0.25, -0.2) is 4.98 Å². The van der Waals surface area contributed by atoms with Crippen LogP contribution in [0, 0.1) is 0 Å². The summed E-state index contributed by atoms with van der Waals surface area (Å²) in [5.41, 5.74) is 2.50. The van der Waals surface area contributed by atoms with Crippen molar-refractivity contribution in [3.63, 3.8) is 0 Å². The normalized spacial score (nSPS) is 9.77.